The van der Waals surface area contributed by atoms with Crippen molar-refractivity contribution < 1.29 is 0 Å². The molecule has 9 aromatic rings. The Morgan fingerprint density at radius 1 is 0.362 bits per heavy atom. The summed E-state index contributed by atoms with van der Waals surface area (Å²) in [5, 5.41) is 13.9. The average Bonchev–Trinajstić information content (AvgIpc) is 3.74. The number of nitrogens with zero attached hydrogens (tertiary/aromatic N) is 3. The smallest absolute Gasteiger partial charge is 0.179 e. The second kappa shape index (κ2) is 11.1. The molecule has 0 aliphatic heterocycles. The van der Waals surface area contributed by atoms with Gasteiger partial charge in [-0.3, -0.25) is 0 Å². The zero-order chi connectivity index (χ0) is 31.2. The molecule has 0 saturated carbocycles. The van der Waals surface area contributed by atoms with Crippen molar-refractivity contribution in [3.63, 3.8) is 0 Å². The lowest BCUT2D eigenvalue weighted by atomic mass is 10.1. The molecular weight excluding hydrogens is 587 g/mol. The van der Waals surface area contributed by atoms with Gasteiger partial charge in [-0.1, -0.05) is 140 Å². The van der Waals surface area contributed by atoms with E-state index in [1.807, 2.05) is 16.9 Å². The standard InChI is InChI=1S/C43H31N3Si/c1-5-15-33(16-6-1)46-42-30-29-39-38-23-13-14-24-41(38)45(43(39)40(42)31-44-46)32-25-27-37(28-26-32)47(34-17-7-2-8-18-34,35-19-9-3-10-20-35)36-21-11-4-12-22-36/h1-31H. The zero-order valence-electron chi connectivity index (χ0n) is 25.7. The molecule has 0 fully saturated rings. The van der Waals surface area contributed by atoms with Crippen LogP contribution in [0.3, 0.4) is 0 Å². The van der Waals surface area contributed by atoms with Crippen LogP contribution >= 0.6 is 0 Å². The molecule has 222 valence electrons. The fraction of sp³-hybridized carbons (Fsp3) is 0. The highest BCUT2D eigenvalue weighted by atomic mass is 28.3. The number of hydrogen-bond donors (Lipinski definition) is 0. The minimum absolute atomic E-state index is 1.05. The molecule has 4 heteroatoms. The Balaban J connectivity index is 1.30. The van der Waals surface area contributed by atoms with Gasteiger partial charge in [0.15, 0.2) is 8.07 Å². The van der Waals surface area contributed by atoms with Crippen LogP contribution in [0.2, 0.25) is 0 Å². The minimum Gasteiger partial charge on any atom is -0.309 e. The molecule has 0 atom stereocenters. The fourth-order valence-corrected chi connectivity index (χ4v) is 12.3. The minimum atomic E-state index is -2.62. The molecular formula is C43H31N3Si. The van der Waals surface area contributed by atoms with E-state index in [1.165, 1.54) is 42.6 Å². The third kappa shape index (κ3) is 4.23. The molecule has 47 heavy (non-hydrogen) atoms. The van der Waals surface area contributed by atoms with Gasteiger partial charge in [0.2, 0.25) is 0 Å². The average molecular weight is 618 g/mol. The van der Waals surface area contributed by atoms with Crippen LogP contribution in [0.1, 0.15) is 0 Å². The molecule has 2 aromatic heterocycles. The van der Waals surface area contributed by atoms with Crippen LogP contribution in [-0.2, 0) is 0 Å². The first-order valence-corrected chi connectivity index (χ1v) is 18.1. The lowest BCUT2D eigenvalue weighted by Gasteiger charge is -2.34. The van der Waals surface area contributed by atoms with E-state index in [-0.39, 0.29) is 0 Å². The summed E-state index contributed by atoms with van der Waals surface area (Å²) < 4.78 is 4.46. The van der Waals surface area contributed by atoms with Gasteiger partial charge in [-0.15, -0.1) is 0 Å². The predicted molar refractivity (Wildman–Crippen MR) is 199 cm³/mol. The van der Waals surface area contributed by atoms with E-state index in [2.05, 4.69) is 180 Å². The molecule has 0 bridgehead atoms. The Kier molecular flexibility index (Phi) is 6.47. The first-order chi connectivity index (χ1) is 23.3. The van der Waals surface area contributed by atoms with Crippen molar-refractivity contribution in [2.24, 2.45) is 0 Å². The van der Waals surface area contributed by atoms with Gasteiger partial charge in [0.1, 0.15) is 0 Å². The van der Waals surface area contributed by atoms with Crippen LogP contribution in [-0.4, -0.2) is 22.4 Å². The van der Waals surface area contributed by atoms with Gasteiger partial charge in [0.05, 0.1) is 28.4 Å². The zero-order valence-corrected chi connectivity index (χ0v) is 26.7. The number of para-hydroxylation sites is 2. The highest BCUT2D eigenvalue weighted by molar-refractivity contribution is 7.19. The SMILES string of the molecule is c1ccc(-n2ncc3c2ccc2c4ccccc4n(-c4ccc([Si](c5ccccc5)(c5ccccc5)c5ccccc5)cc4)c23)cc1. The molecule has 0 saturated heterocycles. The van der Waals surface area contributed by atoms with Crippen molar-refractivity contribution >= 4 is 61.5 Å². The molecule has 9 rings (SSSR count). The third-order valence-electron chi connectivity index (χ3n) is 9.56. The Morgan fingerprint density at radius 2 is 0.872 bits per heavy atom. The van der Waals surface area contributed by atoms with Crippen LogP contribution in [0.25, 0.3) is 44.1 Å². The lowest BCUT2D eigenvalue weighted by molar-refractivity contribution is 0.911. The van der Waals surface area contributed by atoms with Crippen LogP contribution in [0.15, 0.2) is 188 Å². The molecule has 0 unspecified atom stereocenters. The molecule has 7 aromatic carbocycles. The Hall–Kier alpha value is -5.97. The number of hydrogen-bond acceptors (Lipinski definition) is 1. The molecule has 0 radical (unpaired) electrons. The van der Waals surface area contributed by atoms with Crippen molar-refractivity contribution in [2.75, 3.05) is 0 Å². The molecule has 0 aliphatic carbocycles. The van der Waals surface area contributed by atoms with Crippen molar-refractivity contribution in [1.82, 2.24) is 14.3 Å². The molecule has 2 heterocycles. The van der Waals surface area contributed by atoms with E-state index >= 15 is 0 Å². The summed E-state index contributed by atoms with van der Waals surface area (Å²) >= 11 is 0. The molecule has 0 N–H and O–H groups in total. The quantitative estimate of drug-likeness (QED) is 0.140. The first-order valence-electron chi connectivity index (χ1n) is 16.1. The summed E-state index contributed by atoms with van der Waals surface area (Å²) in [7, 11) is -2.62. The van der Waals surface area contributed by atoms with Gasteiger partial charge in [0, 0.05) is 21.8 Å². The van der Waals surface area contributed by atoms with Crippen LogP contribution < -0.4 is 20.7 Å². The molecule has 0 amide bonds. The maximum absolute atomic E-state index is 4.88. The summed E-state index contributed by atoms with van der Waals surface area (Å²) in [6.07, 6.45) is 2.02. The maximum atomic E-state index is 4.88. The van der Waals surface area contributed by atoms with Gasteiger partial charge in [0.25, 0.3) is 0 Å². The predicted octanol–water partition coefficient (Wildman–Crippen LogP) is 7.50. The maximum Gasteiger partial charge on any atom is 0.179 e. The molecule has 0 spiro atoms. The summed E-state index contributed by atoms with van der Waals surface area (Å²) in [6.45, 7) is 0. The summed E-state index contributed by atoms with van der Waals surface area (Å²) in [4.78, 5) is 0. The largest absolute Gasteiger partial charge is 0.309 e. The number of benzene rings is 7. The van der Waals surface area contributed by atoms with E-state index in [1.54, 1.807) is 0 Å². The monoisotopic (exact) mass is 617 g/mol. The highest BCUT2D eigenvalue weighted by Gasteiger charge is 2.41. The number of fused-ring (bicyclic) bond motifs is 5. The molecule has 3 nitrogen and oxygen atoms in total. The van der Waals surface area contributed by atoms with Gasteiger partial charge < -0.3 is 4.57 Å². The fourth-order valence-electron chi connectivity index (χ4n) is 7.53. The van der Waals surface area contributed by atoms with Crippen LogP contribution in [0.4, 0.5) is 0 Å². The Morgan fingerprint density at radius 3 is 1.47 bits per heavy atom. The lowest BCUT2D eigenvalue weighted by Crippen LogP contribution is -2.74. The van der Waals surface area contributed by atoms with Crippen LogP contribution in [0, 0.1) is 0 Å². The normalized spacial score (nSPS) is 11.8. The third-order valence-corrected chi connectivity index (χ3v) is 14.4. The van der Waals surface area contributed by atoms with Crippen LogP contribution in [0.5, 0.6) is 0 Å². The van der Waals surface area contributed by atoms with Gasteiger partial charge in [-0.25, -0.2) is 4.68 Å². The van der Waals surface area contributed by atoms with Gasteiger partial charge >= 0.3 is 0 Å². The van der Waals surface area contributed by atoms with Crippen molar-refractivity contribution in [1.29, 1.82) is 0 Å². The van der Waals surface area contributed by atoms with Crippen molar-refractivity contribution in [3.8, 4) is 11.4 Å². The second-order valence-corrected chi connectivity index (χ2v) is 15.8. The molecule has 0 aliphatic rings. The van der Waals surface area contributed by atoms with E-state index in [9.17, 15) is 0 Å². The van der Waals surface area contributed by atoms with E-state index in [0.717, 1.165) is 22.3 Å². The summed E-state index contributed by atoms with van der Waals surface area (Å²) in [5.74, 6) is 0. The van der Waals surface area contributed by atoms with Gasteiger partial charge in [-0.05, 0) is 63.2 Å². The van der Waals surface area contributed by atoms with Gasteiger partial charge in [-0.2, -0.15) is 5.10 Å². The number of aromatic nitrogens is 3. The van der Waals surface area contributed by atoms with E-state index in [4.69, 9.17) is 5.10 Å². The van der Waals surface area contributed by atoms with Crippen molar-refractivity contribution in [2.45, 2.75) is 0 Å². The summed E-state index contributed by atoms with van der Waals surface area (Å²) in [6, 6.07) is 66.2. The summed E-state index contributed by atoms with van der Waals surface area (Å²) in [5.41, 5.74) is 5.65. The second-order valence-electron chi connectivity index (χ2n) is 12.0. The Labute approximate surface area is 274 Å². The van der Waals surface area contributed by atoms with E-state index < -0.39 is 8.07 Å². The number of rotatable bonds is 6. The highest BCUT2D eigenvalue weighted by Crippen LogP contribution is 2.37. The topological polar surface area (TPSA) is 22.8 Å². The Bertz CT molecular complexity index is 2390. The van der Waals surface area contributed by atoms with Crippen molar-refractivity contribution in [3.05, 3.63) is 188 Å². The van der Waals surface area contributed by atoms with E-state index in [0.29, 0.717) is 0 Å². The first kappa shape index (κ1) is 27.3.